The molecule has 0 atom stereocenters. The van der Waals surface area contributed by atoms with Crippen LogP contribution in [0.3, 0.4) is 0 Å². The minimum absolute atomic E-state index is 0.106. The van der Waals surface area contributed by atoms with Crippen molar-refractivity contribution in [2.75, 3.05) is 6.61 Å². The number of ether oxygens (including phenoxy) is 1. The predicted octanol–water partition coefficient (Wildman–Crippen LogP) is 3.03. The lowest BCUT2D eigenvalue weighted by atomic mass is 10.0. The van der Waals surface area contributed by atoms with E-state index in [0.29, 0.717) is 12.2 Å². The Kier molecular flexibility index (Phi) is 3.00. The van der Waals surface area contributed by atoms with E-state index in [4.69, 9.17) is 4.74 Å². The summed E-state index contributed by atoms with van der Waals surface area (Å²) < 4.78 is 4.91. The number of fused-ring (bicyclic) bond motifs is 1. The summed E-state index contributed by atoms with van der Waals surface area (Å²) in [6.45, 7) is 4.03. The monoisotopic (exact) mass is 230 g/mol. The largest absolute Gasteiger partial charge is 0.507 e. The Bertz CT molecular complexity index is 573. The van der Waals surface area contributed by atoms with Gasteiger partial charge in [0.05, 0.1) is 12.2 Å². The van der Waals surface area contributed by atoms with Crippen LogP contribution in [0.5, 0.6) is 5.75 Å². The summed E-state index contributed by atoms with van der Waals surface area (Å²) in [6.07, 6.45) is 0. The van der Waals surface area contributed by atoms with Crippen LogP contribution in [-0.2, 0) is 4.74 Å². The lowest BCUT2D eigenvalue weighted by Crippen LogP contribution is -2.04. The Morgan fingerprint density at radius 1 is 1.29 bits per heavy atom. The molecule has 0 amide bonds. The van der Waals surface area contributed by atoms with Crippen LogP contribution in [-0.4, -0.2) is 17.7 Å². The first kappa shape index (κ1) is 11.5. The van der Waals surface area contributed by atoms with Gasteiger partial charge in [-0.15, -0.1) is 0 Å². The number of hydrogen-bond acceptors (Lipinski definition) is 3. The van der Waals surface area contributed by atoms with Crippen LogP contribution in [0.1, 0.15) is 22.8 Å². The van der Waals surface area contributed by atoms with Crippen molar-refractivity contribution in [2.24, 2.45) is 0 Å². The molecule has 1 N–H and O–H groups in total. The summed E-state index contributed by atoms with van der Waals surface area (Å²) in [6, 6.07) is 8.88. The number of phenolic OH excluding ortho intramolecular Hbond substituents is 1. The number of aryl methyl sites for hydroxylation is 1. The molecule has 2 aromatic rings. The summed E-state index contributed by atoms with van der Waals surface area (Å²) in [7, 11) is 0. The maximum absolute atomic E-state index is 11.6. The van der Waals surface area contributed by atoms with E-state index in [1.54, 1.807) is 13.0 Å². The highest BCUT2D eigenvalue weighted by Crippen LogP contribution is 2.27. The first-order valence-corrected chi connectivity index (χ1v) is 5.52. The first-order valence-electron chi connectivity index (χ1n) is 5.52. The Labute approximate surface area is 99.6 Å². The molecule has 0 saturated carbocycles. The molecule has 0 fully saturated rings. The zero-order valence-electron chi connectivity index (χ0n) is 9.86. The van der Waals surface area contributed by atoms with Crippen LogP contribution in [0, 0.1) is 6.92 Å². The van der Waals surface area contributed by atoms with Gasteiger partial charge < -0.3 is 9.84 Å². The number of hydrogen-bond donors (Lipinski definition) is 1. The summed E-state index contributed by atoms with van der Waals surface area (Å²) in [4.78, 5) is 11.6. The van der Waals surface area contributed by atoms with Crippen molar-refractivity contribution in [1.29, 1.82) is 0 Å². The molecule has 0 heterocycles. The van der Waals surface area contributed by atoms with E-state index in [2.05, 4.69) is 0 Å². The van der Waals surface area contributed by atoms with Gasteiger partial charge in [-0.25, -0.2) is 4.79 Å². The van der Waals surface area contributed by atoms with E-state index >= 15 is 0 Å². The van der Waals surface area contributed by atoms with Gasteiger partial charge in [0.2, 0.25) is 0 Å². The van der Waals surface area contributed by atoms with Gasteiger partial charge in [-0.2, -0.15) is 0 Å². The normalized spacial score (nSPS) is 10.5. The number of rotatable bonds is 2. The van der Waals surface area contributed by atoms with Crippen LogP contribution in [0.25, 0.3) is 10.8 Å². The highest BCUT2D eigenvalue weighted by Gasteiger charge is 2.10. The Morgan fingerprint density at radius 3 is 2.76 bits per heavy atom. The topological polar surface area (TPSA) is 46.5 Å². The lowest BCUT2D eigenvalue weighted by molar-refractivity contribution is 0.0526. The molecular weight excluding hydrogens is 216 g/mol. The molecule has 0 aliphatic rings. The number of phenols is 1. The van der Waals surface area contributed by atoms with Crippen molar-refractivity contribution >= 4 is 16.7 Å². The second-order valence-corrected chi connectivity index (χ2v) is 3.94. The molecule has 2 aromatic carbocycles. The highest BCUT2D eigenvalue weighted by atomic mass is 16.5. The molecule has 0 spiro atoms. The van der Waals surface area contributed by atoms with Crippen molar-refractivity contribution in [3.05, 3.63) is 41.5 Å². The number of benzene rings is 2. The molecule has 3 heteroatoms. The highest BCUT2D eigenvalue weighted by molar-refractivity contribution is 5.98. The molecule has 2 rings (SSSR count). The predicted molar refractivity (Wildman–Crippen MR) is 66.3 cm³/mol. The van der Waals surface area contributed by atoms with E-state index in [-0.39, 0.29) is 5.75 Å². The maximum atomic E-state index is 11.6. The smallest absolute Gasteiger partial charge is 0.338 e. The molecule has 0 aliphatic heterocycles. The van der Waals surface area contributed by atoms with Crippen molar-refractivity contribution in [3.8, 4) is 5.75 Å². The minimum Gasteiger partial charge on any atom is -0.507 e. The minimum atomic E-state index is -0.412. The molecule has 3 nitrogen and oxygen atoms in total. The number of esters is 1. The maximum Gasteiger partial charge on any atom is 0.338 e. The van der Waals surface area contributed by atoms with Crippen molar-refractivity contribution in [1.82, 2.24) is 0 Å². The Morgan fingerprint density at radius 2 is 2.06 bits per heavy atom. The van der Waals surface area contributed by atoms with E-state index < -0.39 is 5.97 Å². The fraction of sp³-hybridized carbons (Fsp3) is 0.214. The van der Waals surface area contributed by atoms with Gasteiger partial charge in [-0.05, 0) is 37.4 Å². The quantitative estimate of drug-likeness (QED) is 0.806. The third kappa shape index (κ3) is 2.23. The fourth-order valence-electron chi connectivity index (χ4n) is 1.78. The molecular formula is C14H14O3. The number of carbonyl (C=O) groups excluding carboxylic acids is 1. The second-order valence-electron chi connectivity index (χ2n) is 3.94. The van der Waals surface area contributed by atoms with Gasteiger partial charge >= 0.3 is 5.97 Å². The molecule has 0 radical (unpaired) electrons. The van der Waals surface area contributed by atoms with E-state index in [1.807, 2.05) is 25.1 Å². The standard InChI is InChI=1S/C14H14O3/c1-3-17-14(16)11-7-10-5-4-9(2)6-12(10)13(15)8-11/h4-8,15H,3H2,1-2H3. The fourth-order valence-corrected chi connectivity index (χ4v) is 1.78. The summed E-state index contributed by atoms with van der Waals surface area (Å²) in [5, 5.41) is 11.5. The van der Waals surface area contributed by atoms with Gasteiger partial charge in [0, 0.05) is 5.39 Å². The third-order valence-electron chi connectivity index (χ3n) is 2.60. The zero-order chi connectivity index (χ0) is 12.4. The SMILES string of the molecule is CCOC(=O)c1cc(O)c2cc(C)ccc2c1. The van der Waals surface area contributed by atoms with Crippen LogP contribution in [0.15, 0.2) is 30.3 Å². The van der Waals surface area contributed by atoms with Crippen LogP contribution in [0.2, 0.25) is 0 Å². The number of carbonyl (C=O) groups is 1. The molecule has 0 bridgehead atoms. The van der Waals surface area contributed by atoms with E-state index in [0.717, 1.165) is 16.3 Å². The average Bonchev–Trinajstić information content (AvgIpc) is 2.30. The van der Waals surface area contributed by atoms with Gasteiger partial charge in [-0.3, -0.25) is 0 Å². The molecule has 0 unspecified atom stereocenters. The molecule has 0 saturated heterocycles. The first-order chi connectivity index (χ1) is 8.11. The second kappa shape index (κ2) is 4.45. The van der Waals surface area contributed by atoms with E-state index in [1.165, 1.54) is 6.07 Å². The summed E-state index contributed by atoms with van der Waals surface area (Å²) in [5.74, 6) is -0.306. The summed E-state index contributed by atoms with van der Waals surface area (Å²) >= 11 is 0. The van der Waals surface area contributed by atoms with Crippen molar-refractivity contribution in [2.45, 2.75) is 13.8 Å². The van der Waals surface area contributed by atoms with Crippen molar-refractivity contribution < 1.29 is 14.6 Å². The average molecular weight is 230 g/mol. The molecule has 88 valence electrons. The molecule has 0 aliphatic carbocycles. The van der Waals surface area contributed by atoms with Gasteiger partial charge in [0.25, 0.3) is 0 Å². The Balaban J connectivity index is 2.56. The van der Waals surface area contributed by atoms with Gasteiger partial charge in [-0.1, -0.05) is 17.7 Å². The summed E-state index contributed by atoms with van der Waals surface area (Å²) in [5.41, 5.74) is 1.44. The lowest BCUT2D eigenvalue weighted by Gasteiger charge is -2.06. The van der Waals surface area contributed by atoms with Gasteiger partial charge in [0.1, 0.15) is 5.75 Å². The molecule has 0 aromatic heterocycles. The van der Waals surface area contributed by atoms with Crippen LogP contribution >= 0.6 is 0 Å². The van der Waals surface area contributed by atoms with Crippen LogP contribution < -0.4 is 0 Å². The molecule has 17 heavy (non-hydrogen) atoms. The van der Waals surface area contributed by atoms with Crippen LogP contribution in [0.4, 0.5) is 0 Å². The Hall–Kier alpha value is -2.03. The third-order valence-corrected chi connectivity index (χ3v) is 2.60. The van der Waals surface area contributed by atoms with E-state index in [9.17, 15) is 9.90 Å². The van der Waals surface area contributed by atoms with Gasteiger partial charge in [0.15, 0.2) is 0 Å². The zero-order valence-corrected chi connectivity index (χ0v) is 9.86. The van der Waals surface area contributed by atoms with Crippen molar-refractivity contribution in [3.63, 3.8) is 0 Å². The number of aromatic hydroxyl groups is 1.